The lowest BCUT2D eigenvalue weighted by molar-refractivity contribution is 0.285. The van der Waals surface area contributed by atoms with E-state index in [9.17, 15) is 5.26 Å². The molecule has 0 aliphatic carbocycles. The zero-order valence-corrected chi connectivity index (χ0v) is 23.3. The van der Waals surface area contributed by atoms with E-state index < -0.39 is 8.32 Å². The Hall–Kier alpha value is -3.53. The molecule has 0 spiro atoms. The number of halogens is 1. The number of ether oxygens (including phenoxy) is 1. The van der Waals surface area contributed by atoms with Gasteiger partial charge in [0.05, 0.1) is 16.3 Å². The van der Waals surface area contributed by atoms with Crippen molar-refractivity contribution in [1.29, 1.82) is 5.26 Å². The van der Waals surface area contributed by atoms with Crippen LogP contribution in [-0.2, 0) is 9.16 Å². The molecular weight excluding hydrogens is 498 g/mol. The van der Waals surface area contributed by atoms with Crippen LogP contribution >= 0.6 is 11.6 Å². The molecule has 37 heavy (non-hydrogen) atoms. The number of hydrogen-bond acceptors (Lipinski definition) is 4. The number of benzene rings is 3. The summed E-state index contributed by atoms with van der Waals surface area (Å²) in [5, 5.41) is 12.0. The average Bonchev–Trinajstić information content (AvgIpc) is 3.48. The van der Waals surface area contributed by atoms with Gasteiger partial charge >= 0.3 is 8.32 Å². The maximum absolute atomic E-state index is 9.26. The number of rotatable bonds is 5. The normalized spacial score (nSPS) is 18.3. The quantitative estimate of drug-likeness (QED) is 0.400. The highest BCUT2D eigenvalue weighted by molar-refractivity contribution is 6.99. The van der Waals surface area contributed by atoms with Gasteiger partial charge in [0.25, 0.3) is 6.02 Å². The van der Waals surface area contributed by atoms with Crippen molar-refractivity contribution in [2.75, 3.05) is 13.2 Å². The fraction of sp³-hybridized carbons (Fsp3) is 0.267. The SMILES string of the molecule is Cc1c(N=C2OC[C@@H]3C(O[Si](c4ccccc4)(c4ccccc4)C(C)(C)C)=CCN23)ccc(C#N)c1Cl. The van der Waals surface area contributed by atoms with Crippen molar-refractivity contribution >= 4 is 42.0 Å². The topological polar surface area (TPSA) is 57.9 Å². The van der Waals surface area contributed by atoms with Gasteiger partial charge in [-0.25, -0.2) is 0 Å². The molecule has 0 unspecified atom stereocenters. The summed E-state index contributed by atoms with van der Waals surface area (Å²) in [7, 11) is -2.74. The third-order valence-electron chi connectivity index (χ3n) is 7.19. The number of hydrogen-bond donors (Lipinski definition) is 0. The van der Waals surface area contributed by atoms with Crippen LogP contribution in [0.25, 0.3) is 0 Å². The van der Waals surface area contributed by atoms with Crippen LogP contribution in [0.4, 0.5) is 5.69 Å². The van der Waals surface area contributed by atoms with Gasteiger partial charge in [-0.05, 0) is 46.1 Å². The molecule has 1 saturated heterocycles. The standard InChI is InChI=1S/C30H30ClN3O2Si/c1-21-25(16-15-22(19-32)28(21)31)33-29-34-18-17-27(26(34)20-35-29)36-37(30(2,3)4,23-11-7-5-8-12-23)24-13-9-6-10-14-24/h5-17,26H,18,20H2,1-4H3/t26-/m1/s1. The summed E-state index contributed by atoms with van der Waals surface area (Å²) in [6, 6.07) is 27.4. The zero-order valence-electron chi connectivity index (χ0n) is 21.5. The maximum atomic E-state index is 9.26. The summed E-state index contributed by atoms with van der Waals surface area (Å²) in [6.07, 6.45) is 2.17. The number of nitriles is 1. The fourth-order valence-corrected chi connectivity index (χ4v) is 9.95. The molecule has 0 amide bonds. The summed E-state index contributed by atoms with van der Waals surface area (Å²) in [5.41, 5.74) is 1.90. The monoisotopic (exact) mass is 527 g/mol. The molecule has 188 valence electrons. The van der Waals surface area contributed by atoms with Crippen molar-refractivity contribution < 1.29 is 9.16 Å². The summed E-state index contributed by atoms with van der Waals surface area (Å²) in [5.74, 6) is 0.939. The van der Waals surface area contributed by atoms with Crippen LogP contribution in [0, 0.1) is 18.3 Å². The van der Waals surface area contributed by atoms with E-state index in [0.717, 1.165) is 11.3 Å². The van der Waals surface area contributed by atoms with Gasteiger partial charge < -0.3 is 14.1 Å². The minimum absolute atomic E-state index is 0.0467. The van der Waals surface area contributed by atoms with Gasteiger partial charge in [-0.1, -0.05) is 93.0 Å². The molecule has 3 aromatic rings. The summed E-state index contributed by atoms with van der Waals surface area (Å²) >= 11 is 6.38. The van der Waals surface area contributed by atoms with E-state index in [1.165, 1.54) is 10.4 Å². The highest BCUT2D eigenvalue weighted by Gasteiger charge is 2.54. The Morgan fingerprint density at radius 3 is 2.22 bits per heavy atom. The molecule has 0 radical (unpaired) electrons. The Kier molecular flexibility index (Phi) is 6.61. The molecule has 7 heteroatoms. The van der Waals surface area contributed by atoms with E-state index in [2.05, 4.69) is 98.5 Å². The predicted octanol–water partition coefficient (Wildman–Crippen LogP) is 5.68. The van der Waals surface area contributed by atoms with E-state index in [4.69, 9.17) is 25.8 Å². The Morgan fingerprint density at radius 2 is 1.65 bits per heavy atom. The van der Waals surface area contributed by atoms with Gasteiger partial charge in [-0.3, -0.25) is 0 Å². The molecule has 0 N–H and O–H groups in total. The van der Waals surface area contributed by atoms with Crippen molar-refractivity contribution in [3.05, 3.63) is 101 Å². The van der Waals surface area contributed by atoms with Gasteiger partial charge in [-0.15, -0.1) is 0 Å². The third-order valence-corrected chi connectivity index (χ3v) is 12.6. The number of aliphatic imine (C=N–C) groups is 1. The number of amidine groups is 1. The molecule has 5 nitrogen and oxygen atoms in total. The second kappa shape index (κ2) is 9.73. The van der Waals surface area contributed by atoms with Crippen LogP contribution in [0.1, 0.15) is 31.9 Å². The van der Waals surface area contributed by atoms with Gasteiger partial charge in [0.15, 0.2) is 0 Å². The molecule has 0 saturated carbocycles. The minimum atomic E-state index is -2.74. The summed E-state index contributed by atoms with van der Waals surface area (Å²) < 4.78 is 13.4. The van der Waals surface area contributed by atoms with Crippen LogP contribution in [-0.4, -0.2) is 38.4 Å². The molecule has 0 aromatic heterocycles. The second-order valence-corrected chi connectivity index (χ2v) is 15.0. The first kappa shape index (κ1) is 25.1. The fourth-order valence-electron chi connectivity index (χ4n) is 5.24. The first-order valence-corrected chi connectivity index (χ1v) is 14.7. The minimum Gasteiger partial charge on any atom is -0.535 e. The summed E-state index contributed by atoms with van der Waals surface area (Å²) in [4.78, 5) is 6.92. The van der Waals surface area contributed by atoms with E-state index >= 15 is 0 Å². The Morgan fingerprint density at radius 1 is 1.03 bits per heavy atom. The highest BCUT2D eigenvalue weighted by atomic mass is 35.5. The molecular formula is C30H30ClN3O2Si. The lowest BCUT2D eigenvalue weighted by Crippen LogP contribution is -2.66. The van der Waals surface area contributed by atoms with Crippen molar-refractivity contribution in [2.45, 2.75) is 38.8 Å². The van der Waals surface area contributed by atoms with E-state index in [-0.39, 0.29) is 11.1 Å². The largest absolute Gasteiger partial charge is 0.535 e. The molecule has 1 fully saturated rings. The van der Waals surface area contributed by atoms with E-state index in [1.54, 1.807) is 6.07 Å². The molecule has 2 aliphatic rings. The Balaban J connectivity index is 1.50. The van der Waals surface area contributed by atoms with E-state index in [1.807, 2.05) is 13.0 Å². The molecule has 2 aliphatic heterocycles. The average molecular weight is 528 g/mol. The van der Waals surface area contributed by atoms with Crippen LogP contribution < -0.4 is 10.4 Å². The molecule has 2 heterocycles. The molecule has 1 atom stereocenters. The Bertz CT molecular complexity index is 1370. The van der Waals surface area contributed by atoms with Crippen LogP contribution in [0.3, 0.4) is 0 Å². The number of nitrogens with zero attached hydrogens (tertiary/aromatic N) is 3. The van der Waals surface area contributed by atoms with Gasteiger partial charge in [-0.2, -0.15) is 10.3 Å². The van der Waals surface area contributed by atoms with Crippen molar-refractivity contribution in [2.24, 2.45) is 4.99 Å². The Labute approximate surface area is 224 Å². The van der Waals surface area contributed by atoms with Crippen LogP contribution in [0.5, 0.6) is 0 Å². The molecule has 3 aromatic carbocycles. The first-order chi connectivity index (χ1) is 17.8. The van der Waals surface area contributed by atoms with Crippen LogP contribution in [0.2, 0.25) is 10.1 Å². The summed E-state index contributed by atoms with van der Waals surface area (Å²) in [6.45, 7) is 9.83. The second-order valence-electron chi connectivity index (χ2n) is 10.4. The van der Waals surface area contributed by atoms with Crippen LogP contribution in [0.15, 0.2) is 89.6 Å². The lowest BCUT2D eigenvalue weighted by atomic mass is 10.1. The zero-order chi connectivity index (χ0) is 26.2. The van der Waals surface area contributed by atoms with Gasteiger partial charge in [0, 0.05) is 6.54 Å². The predicted molar refractivity (Wildman–Crippen MR) is 151 cm³/mol. The first-order valence-electron chi connectivity index (χ1n) is 12.4. The third kappa shape index (κ3) is 4.33. The highest BCUT2D eigenvalue weighted by Crippen LogP contribution is 2.40. The number of fused-ring (bicyclic) bond motifs is 1. The van der Waals surface area contributed by atoms with Gasteiger partial charge in [0.1, 0.15) is 24.5 Å². The molecule has 0 bridgehead atoms. The van der Waals surface area contributed by atoms with Gasteiger partial charge in [0.2, 0.25) is 0 Å². The van der Waals surface area contributed by atoms with Crippen molar-refractivity contribution in [3.8, 4) is 6.07 Å². The smallest absolute Gasteiger partial charge is 0.319 e. The van der Waals surface area contributed by atoms with Crippen molar-refractivity contribution in [3.63, 3.8) is 0 Å². The van der Waals surface area contributed by atoms with Crippen molar-refractivity contribution in [1.82, 2.24) is 4.90 Å². The van der Waals surface area contributed by atoms with E-state index in [0.29, 0.717) is 35.4 Å². The lowest BCUT2D eigenvalue weighted by Gasteiger charge is -2.43. The molecule has 5 rings (SSSR count). The maximum Gasteiger partial charge on any atom is 0.319 e.